The molecule has 0 bridgehead atoms. The fourth-order valence-corrected chi connectivity index (χ4v) is 1.55. The first-order chi connectivity index (χ1) is 7.83. The van der Waals surface area contributed by atoms with Crippen molar-refractivity contribution in [2.24, 2.45) is 5.73 Å². The van der Waals surface area contributed by atoms with Gasteiger partial charge in [-0.2, -0.15) is 0 Å². The normalized spacial score (nSPS) is 18.2. The van der Waals surface area contributed by atoms with Crippen molar-refractivity contribution >= 4 is 11.8 Å². The van der Waals surface area contributed by atoms with E-state index < -0.39 is 11.4 Å². The molecule has 0 radical (unpaired) electrons. The van der Waals surface area contributed by atoms with Crippen LogP contribution in [0.15, 0.2) is 0 Å². The van der Waals surface area contributed by atoms with Crippen LogP contribution in [0.4, 0.5) is 0 Å². The van der Waals surface area contributed by atoms with E-state index in [1.165, 1.54) is 0 Å². The third-order valence-corrected chi connectivity index (χ3v) is 3.15. The highest BCUT2D eigenvalue weighted by atomic mass is 16.2. The number of carbonyl (C=O) groups excluding carboxylic acids is 2. The van der Waals surface area contributed by atoms with Crippen molar-refractivity contribution in [1.29, 1.82) is 0 Å². The number of hydrogen-bond acceptors (Lipinski definition) is 4. The summed E-state index contributed by atoms with van der Waals surface area (Å²) >= 11 is 0. The van der Waals surface area contributed by atoms with Crippen molar-refractivity contribution in [2.75, 3.05) is 39.8 Å². The molecule has 1 aliphatic rings. The molecule has 0 aliphatic carbocycles. The number of carbonyl (C=O) groups is 2. The Morgan fingerprint density at radius 2 is 1.76 bits per heavy atom. The second-order valence-corrected chi connectivity index (χ2v) is 5.03. The number of amides is 2. The third-order valence-electron chi connectivity index (χ3n) is 3.15. The van der Waals surface area contributed by atoms with E-state index in [2.05, 4.69) is 10.2 Å². The molecule has 1 saturated heterocycles. The van der Waals surface area contributed by atoms with Gasteiger partial charge in [0.15, 0.2) is 0 Å². The van der Waals surface area contributed by atoms with Crippen molar-refractivity contribution in [2.45, 2.75) is 19.4 Å². The van der Waals surface area contributed by atoms with Gasteiger partial charge in [0, 0.05) is 26.2 Å². The summed E-state index contributed by atoms with van der Waals surface area (Å²) in [5.41, 5.74) is 4.38. The summed E-state index contributed by atoms with van der Waals surface area (Å²) in [4.78, 5) is 26.9. The lowest BCUT2D eigenvalue weighted by molar-refractivity contribution is -0.132. The first-order valence-corrected chi connectivity index (χ1v) is 5.84. The number of nitrogens with one attached hydrogen (secondary N) is 1. The fraction of sp³-hybridized carbons (Fsp3) is 0.818. The summed E-state index contributed by atoms with van der Waals surface area (Å²) in [6, 6.07) is 0. The molecule has 1 aliphatic heterocycles. The first kappa shape index (κ1) is 13.9. The number of rotatable bonds is 4. The van der Waals surface area contributed by atoms with E-state index in [-0.39, 0.29) is 12.5 Å². The molecule has 1 rings (SSSR count). The van der Waals surface area contributed by atoms with Crippen LogP contribution in [0.5, 0.6) is 0 Å². The molecule has 0 atom stereocenters. The first-order valence-electron chi connectivity index (χ1n) is 5.84. The molecule has 0 unspecified atom stereocenters. The van der Waals surface area contributed by atoms with E-state index in [1.807, 2.05) is 11.9 Å². The predicted octanol–water partition coefficient (Wildman–Crippen LogP) is -1.39. The van der Waals surface area contributed by atoms with Crippen LogP contribution in [-0.4, -0.2) is 66.9 Å². The summed E-state index contributed by atoms with van der Waals surface area (Å²) in [7, 11) is 2.04. The zero-order valence-corrected chi connectivity index (χ0v) is 10.8. The van der Waals surface area contributed by atoms with Crippen molar-refractivity contribution in [3.63, 3.8) is 0 Å². The van der Waals surface area contributed by atoms with Gasteiger partial charge in [0.05, 0.1) is 12.1 Å². The highest BCUT2D eigenvalue weighted by Gasteiger charge is 2.26. The molecule has 6 heteroatoms. The smallest absolute Gasteiger partial charge is 0.237 e. The minimum Gasteiger partial charge on any atom is -0.368 e. The second kappa shape index (κ2) is 5.46. The molecule has 2 amide bonds. The van der Waals surface area contributed by atoms with Crippen LogP contribution in [0.1, 0.15) is 13.8 Å². The average Bonchev–Trinajstić information content (AvgIpc) is 2.27. The molecule has 6 nitrogen and oxygen atoms in total. The Bertz CT molecular complexity index is 296. The molecule has 98 valence electrons. The summed E-state index contributed by atoms with van der Waals surface area (Å²) in [6.07, 6.45) is 0. The van der Waals surface area contributed by atoms with Crippen LogP contribution in [0.25, 0.3) is 0 Å². The summed E-state index contributed by atoms with van der Waals surface area (Å²) in [5, 5.41) is 2.89. The van der Waals surface area contributed by atoms with Crippen molar-refractivity contribution in [3.05, 3.63) is 0 Å². The Balaban J connectivity index is 2.37. The third kappa shape index (κ3) is 3.98. The number of primary amides is 1. The molecular weight excluding hydrogens is 220 g/mol. The van der Waals surface area contributed by atoms with E-state index >= 15 is 0 Å². The van der Waals surface area contributed by atoms with Gasteiger partial charge in [-0.15, -0.1) is 0 Å². The molecule has 3 N–H and O–H groups in total. The number of likely N-dealkylation sites (N-methyl/N-ethyl adjacent to an activating group) is 1. The second-order valence-electron chi connectivity index (χ2n) is 5.03. The zero-order chi connectivity index (χ0) is 13.1. The van der Waals surface area contributed by atoms with Gasteiger partial charge in [-0.3, -0.25) is 14.9 Å². The topological polar surface area (TPSA) is 78.7 Å². The average molecular weight is 242 g/mol. The van der Waals surface area contributed by atoms with Crippen molar-refractivity contribution in [3.8, 4) is 0 Å². The lowest BCUT2D eigenvalue weighted by atomic mass is 10.1. The zero-order valence-electron chi connectivity index (χ0n) is 10.8. The largest absolute Gasteiger partial charge is 0.368 e. The van der Waals surface area contributed by atoms with Crippen molar-refractivity contribution in [1.82, 2.24) is 15.1 Å². The number of nitrogens with two attached hydrogens (primary N) is 1. The highest BCUT2D eigenvalue weighted by molar-refractivity contribution is 5.85. The number of piperazine rings is 1. The van der Waals surface area contributed by atoms with E-state index in [4.69, 9.17) is 5.73 Å². The molecule has 0 spiro atoms. The Morgan fingerprint density at radius 3 is 2.24 bits per heavy atom. The van der Waals surface area contributed by atoms with Gasteiger partial charge in [0.25, 0.3) is 0 Å². The Morgan fingerprint density at radius 1 is 1.24 bits per heavy atom. The molecule has 0 aromatic rings. The summed E-state index contributed by atoms with van der Waals surface area (Å²) < 4.78 is 0. The van der Waals surface area contributed by atoms with Crippen LogP contribution in [0.2, 0.25) is 0 Å². The lowest BCUT2D eigenvalue weighted by Gasteiger charge is -2.33. The highest BCUT2D eigenvalue weighted by Crippen LogP contribution is 2.02. The van der Waals surface area contributed by atoms with Gasteiger partial charge in [-0.1, -0.05) is 0 Å². The van der Waals surface area contributed by atoms with Crippen molar-refractivity contribution < 1.29 is 9.59 Å². The van der Waals surface area contributed by atoms with Gasteiger partial charge in [-0.05, 0) is 20.9 Å². The van der Waals surface area contributed by atoms with Crippen LogP contribution in [0, 0.1) is 0 Å². The van der Waals surface area contributed by atoms with Gasteiger partial charge < -0.3 is 15.5 Å². The predicted molar refractivity (Wildman–Crippen MR) is 65.4 cm³/mol. The number of hydrogen-bond donors (Lipinski definition) is 2. The maximum atomic E-state index is 11.9. The van der Waals surface area contributed by atoms with Crippen LogP contribution < -0.4 is 11.1 Å². The summed E-state index contributed by atoms with van der Waals surface area (Å²) in [6.45, 7) is 6.77. The van der Waals surface area contributed by atoms with E-state index in [0.29, 0.717) is 0 Å². The molecular formula is C11H22N4O2. The molecule has 17 heavy (non-hydrogen) atoms. The molecule has 1 heterocycles. The fourth-order valence-electron chi connectivity index (χ4n) is 1.55. The van der Waals surface area contributed by atoms with E-state index in [1.54, 1.807) is 13.8 Å². The lowest BCUT2D eigenvalue weighted by Crippen LogP contribution is -2.55. The van der Waals surface area contributed by atoms with Gasteiger partial charge in [0.1, 0.15) is 0 Å². The quantitative estimate of drug-likeness (QED) is 0.636. The SMILES string of the molecule is CN1CCN(C(=O)CNC(C)(C)C(N)=O)CC1. The van der Waals surface area contributed by atoms with Crippen LogP contribution in [0.3, 0.4) is 0 Å². The van der Waals surface area contributed by atoms with Gasteiger partial charge in [-0.25, -0.2) is 0 Å². The van der Waals surface area contributed by atoms with E-state index in [9.17, 15) is 9.59 Å². The maximum absolute atomic E-state index is 11.9. The molecule has 0 saturated carbocycles. The molecule has 1 fully saturated rings. The van der Waals surface area contributed by atoms with Gasteiger partial charge >= 0.3 is 0 Å². The standard InChI is InChI=1S/C11H22N4O2/c1-11(2,10(12)17)13-8-9(16)15-6-4-14(3)5-7-15/h13H,4-8H2,1-3H3,(H2,12,17). The Labute approximate surface area is 102 Å². The van der Waals surface area contributed by atoms with Crippen LogP contribution in [-0.2, 0) is 9.59 Å². The Kier molecular flexibility index (Phi) is 4.47. The monoisotopic (exact) mass is 242 g/mol. The minimum atomic E-state index is -0.845. The molecule has 0 aromatic heterocycles. The Hall–Kier alpha value is -1.14. The maximum Gasteiger partial charge on any atom is 0.237 e. The van der Waals surface area contributed by atoms with Crippen LogP contribution >= 0.6 is 0 Å². The van der Waals surface area contributed by atoms with Gasteiger partial charge in [0.2, 0.25) is 11.8 Å². The van der Waals surface area contributed by atoms with E-state index in [0.717, 1.165) is 26.2 Å². The summed E-state index contributed by atoms with van der Waals surface area (Å²) in [5.74, 6) is -0.434. The minimum absolute atomic E-state index is 0.0208. The number of nitrogens with zero attached hydrogens (tertiary/aromatic N) is 2. The molecule has 0 aromatic carbocycles.